The van der Waals surface area contributed by atoms with Gasteiger partial charge < -0.3 is 9.90 Å². The van der Waals surface area contributed by atoms with Crippen LogP contribution >= 0.6 is 0 Å². The fourth-order valence-corrected chi connectivity index (χ4v) is 4.29. The molecule has 0 bridgehead atoms. The molecule has 0 fully saturated rings. The maximum atomic E-state index is 10.7. The van der Waals surface area contributed by atoms with Crippen LogP contribution in [0.15, 0.2) is 72.8 Å². The summed E-state index contributed by atoms with van der Waals surface area (Å²) in [5.41, 5.74) is 6.42. The van der Waals surface area contributed by atoms with E-state index >= 15 is 0 Å². The number of carbonyl (C=O) groups excluding carboxylic acids is 1. The van der Waals surface area contributed by atoms with Crippen molar-refractivity contribution in [2.24, 2.45) is 0 Å². The van der Waals surface area contributed by atoms with Gasteiger partial charge in [-0.05, 0) is 58.1 Å². The molecule has 162 valence electrons. The van der Waals surface area contributed by atoms with Crippen LogP contribution in [0.2, 0.25) is 0 Å². The second-order valence-corrected chi connectivity index (χ2v) is 8.84. The van der Waals surface area contributed by atoms with Crippen LogP contribution in [0.3, 0.4) is 0 Å². The summed E-state index contributed by atoms with van der Waals surface area (Å²) in [5.74, 6) is -0.958. The number of hydrogen-bond acceptors (Lipinski definition) is 2. The Labute approximate surface area is 235 Å². The van der Waals surface area contributed by atoms with Crippen LogP contribution in [0.5, 0.6) is 0 Å². The van der Waals surface area contributed by atoms with Crippen molar-refractivity contribution >= 4 is 17.4 Å². The molecule has 0 radical (unpaired) electrons. The quantitative estimate of drug-likeness (QED) is 0.239. The van der Waals surface area contributed by atoms with Gasteiger partial charge in [0.25, 0.3) is 0 Å². The number of fused-ring (bicyclic) bond motifs is 1. The molecule has 2 aromatic rings. The van der Waals surface area contributed by atoms with Gasteiger partial charge in [0.1, 0.15) is 6.54 Å². The van der Waals surface area contributed by atoms with E-state index in [4.69, 9.17) is 0 Å². The normalized spacial score (nSPS) is 14.7. The summed E-state index contributed by atoms with van der Waals surface area (Å²) in [5, 5.41) is 10.7. The van der Waals surface area contributed by atoms with Crippen molar-refractivity contribution < 1.29 is 65.9 Å². The van der Waals surface area contributed by atoms with E-state index in [1.54, 1.807) is 0 Å². The van der Waals surface area contributed by atoms with Gasteiger partial charge in [-0.25, -0.2) is 0 Å². The fourth-order valence-electron chi connectivity index (χ4n) is 4.29. The zero-order chi connectivity index (χ0) is 22.3. The van der Waals surface area contributed by atoms with E-state index in [2.05, 4.69) is 92.1 Å². The molecule has 0 amide bonds. The smallest absolute Gasteiger partial charge is 0.550 e. The molecular weight excluding hydrogens is 421 g/mol. The molecule has 1 aliphatic rings. The summed E-state index contributed by atoms with van der Waals surface area (Å²) >= 11 is 0. The first-order valence-corrected chi connectivity index (χ1v) is 11.2. The first-order chi connectivity index (χ1) is 14.9. The molecule has 0 saturated carbocycles. The molecule has 0 aromatic heterocycles. The maximum absolute atomic E-state index is 10.7. The third-order valence-electron chi connectivity index (χ3n) is 6.01. The molecule has 32 heavy (non-hydrogen) atoms. The number of allylic oxidation sites excluding steroid dienone is 4. The van der Waals surface area contributed by atoms with Gasteiger partial charge in [0.05, 0.1) is 5.41 Å². The van der Waals surface area contributed by atoms with Crippen LogP contribution in [0.25, 0.3) is 0 Å². The van der Waals surface area contributed by atoms with Gasteiger partial charge in [-0.2, -0.15) is 4.58 Å². The van der Waals surface area contributed by atoms with Crippen molar-refractivity contribution in [3.8, 4) is 0 Å². The monoisotopic (exact) mass is 454 g/mol. The number of hydrogen-bond donors (Lipinski definition) is 0. The summed E-state index contributed by atoms with van der Waals surface area (Å²) < 4.78 is 2.41. The van der Waals surface area contributed by atoms with Crippen molar-refractivity contribution in [1.82, 2.24) is 0 Å². The SMILES string of the molecule is Cc1ccc2c(c1)C(C)(C)C(/C=C/C=C/Cc1ccccc1)=[N+]2CCCCCC(=O)[O-].[K+]. The van der Waals surface area contributed by atoms with E-state index in [1.165, 1.54) is 28.1 Å². The van der Waals surface area contributed by atoms with Crippen LogP contribution < -0.4 is 56.5 Å². The number of nitrogens with zero attached hydrogens (tertiary/aromatic N) is 1. The largest absolute Gasteiger partial charge is 1.00 e. The summed E-state index contributed by atoms with van der Waals surface area (Å²) in [6, 6.07) is 17.2. The van der Waals surface area contributed by atoms with Gasteiger partial charge in [0, 0.05) is 30.1 Å². The minimum absolute atomic E-state index is 0. The van der Waals surface area contributed by atoms with Crippen LogP contribution in [0, 0.1) is 6.92 Å². The van der Waals surface area contributed by atoms with Gasteiger partial charge in [0.2, 0.25) is 5.69 Å². The molecule has 1 heterocycles. The number of benzene rings is 2. The molecule has 0 unspecified atom stereocenters. The Bertz CT molecular complexity index is 1000. The summed E-state index contributed by atoms with van der Waals surface area (Å²) in [6.45, 7) is 7.60. The van der Waals surface area contributed by atoms with Gasteiger partial charge in [-0.1, -0.05) is 60.2 Å². The van der Waals surface area contributed by atoms with Crippen LogP contribution in [0.1, 0.15) is 56.2 Å². The van der Waals surface area contributed by atoms with Gasteiger partial charge in [-0.15, -0.1) is 0 Å². The van der Waals surface area contributed by atoms with E-state index in [9.17, 15) is 9.90 Å². The zero-order valence-corrected chi connectivity index (χ0v) is 23.1. The topological polar surface area (TPSA) is 43.1 Å². The third-order valence-corrected chi connectivity index (χ3v) is 6.01. The van der Waals surface area contributed by atoms with Crippen molar-refractivity contribution in [1.29, 1.82) is 0 Å². The Morgan fingerprint density at radius 2 is 1.78 bits per heavy atom. The predicted octanol–water partition coefficient (Wildman–Crippen LogP) is 2.04. The molecular formula is C28H33KNO2+. The Morgan fingerprint density at radius 1 is 1.03 bits per heavy atom. The average molecular weight is 455 g/mol. The number of aryl methyl sites for hydroxylation is 1. The zero-order valence-electron chi connectivity index (χ0n) is 19.9. The molecule has 3 nitrogen and oxygen atoms in total. The standard InChI is InChI=1S/C28H33NO2.K/c1-22-18-19-25-24(21-22)28(2,3)26(29(25)20-12-6-11-17-27(30)31)16-10-5-9-15-23-13-7-4-8-14-23;/h4-5,7-10,13-14,16,18-19,21H,6,11-12,15,17,20H2,1-3H3;/q;+1/b9-5+,16-10+;. The van der Waals surface area contributed by atoms with E-state index in [0.717, 1.165) is 25.8 Å². The van der Waals surface area contributed by atoms with Crippen LogP contribution in [-0.4, -0.2) is 22.8 Å². The third kappa shape index (κ3) is 7.10. The molecule has 0 spiro atoms. The molecule has 4 heteroatoms. The molecule has 1 aliphatic heterocycles. The maximum Gasteiger partial charge on any atom is 1.00 e. The Morgan fingerprint density at radius 3 is 2.50 bits per heavy atom. The summed E-state index contributed by atoms with van der Waals surface area (Å²) in [4.78, 5) is 10.7. The van der Waals surface area contributed by atoms with E-state index in [1.807, 2.05) is 6.07 Å². The summed E-state index contributed by atoms with van der Waals surface area (Å²) in [7, 11) is 0. The Hall–Kier alpha value is -1.30. The van der Waals surface area contributed by atoms with Gasteiger partial charge in [-0.3, -0.25) is 0 Å². The fraction of sp³-hybridized carbons (Fsp3) is 0.357. The molecule has 3 rings (SSSR count). The van der Waals surface area contributed by atoms with Crippen molar-refractivity contribution in [3.05, 3.63) is 89.5 Å². The number of carboxylic acid groups (broad SMARTS) is 1. The molecule has 0 atom stereocenters. The Balaban J connectivity index is 0.00000363. The van der Waals surface area contributed by atoms with Gasteiger partial charge in [0.15, 0.2) is 5.71 Å². The van der Waals surface area contributed by atoms with E-state index in [0.29, 0.717) is 6.42 Å². The molecule has 0 saturated heterocycles. The minimum Gasteiger partial charge on any atom is -0.550 e. The van der Waals surface area contributed by atoms with E-state index in [-0.39, 0.29) is 63.2 Å². The van der Waals surface area contributed by atoms with Crippen molar-refractivity contribution in [2.45, 2.75) is 58.3 Å². The number of carbonyl (C=O) groups is 1. The number of rotatable bonds is 10. The van der Waals surface area contributed by atoms with Gasteiger partial charge >= 0.3 is 51.4 Å². The summed E-state index contributed by atoms with van der Waals surface area (Å²) in [6.07, 6.45) is 12.3. The first kappa shape index (κ1) is 26.9. The van der Waals surface area contributed by atoms with Crippen LogP contribution in [-0.2, 0) is 16.6 Å². The average Bonchev–Trinajstić information content (AvgIpc) is 2.94. The molecule has 0 N–H and O–H groups in total. The second kappa shape index (κ2) is 12.8. The first-order valence-electron chi connectivity index (χ1n) is 11.2. The van der Waals surface area contributed by atoms with E-state index < -0.39 is 5.97 Å². The number of unbranched alkanes of at least 4 members (excludes halogenated alkanes) is 2. The predicted molar refractivity (Wildman–Crippen MR) is 126 cm³/mol. The molecule has 2 aromatic carbocycles. The van der Waals surface area contributed by atoms with Crippen molar-refractivity contribution in [2.75, 3.05) is 6.54 Å². The second-order valence-electron chi connectivity index (χ2n) is 8.84. The number of aliphatic carboxylic acids is 1. The van der Waals surface area contributed by atoms with Crippen LogP contribution in [0.4, 0.5) is 5.69 Å². The molecule has 0 aliphatic carbocycles. The minimum atomic E-state index is -0.958. The van der Waals surface area contributed by atoms with Crippen molar-refractivity contribution in [3.63, 3.8) is 0 Å². The number of carboxylic acids is 1. The Kier molecular flexibility index (Phi) is 10.8.